The SMILES string of the molecule is C=C(C)C(=O)SCC1CSC(c2ccc(C3SCC(CSC(=O)C(=C)C)S3)s2)S1. The first-order chi connectivity index (χ1) is 13.8. The van der Waals surface area contributed by atoms with Gasteiger partial charge >= 0.3 is 0 Å². The van der Waals surface area contributed by atoms with Gasteiger partial charge in [0.05, 0.1) is 9.16 Å². The molecule has 0 spiro atoms. The zero-order valence-corrected chi connectivity index (χ0v) is 22.1. The van der Waals surface area contributed by atoms with E-state index in [1.165, 1.54) is 33.3 Å². The van der Waals surface area contributed by atoms with E-state index in [9.17, 15) is 9.59 Å². The maximum absolute atomic E-state index is 11.8. The summed E-state index contributed by atoms with van der Waals surface area (Å²) in [6, 6.07) is 4.57. The highest BCUT2D eigenvalue weighted by molar-refractivity contribution is 8.22. The predicted octanol–water partition coefficient (Wildman–Crippen LogP) is 7.11. The first kappa shape index (κ1) is 24.3. The third-order valence-corrected chi connectivity index (χ3v) is 15.3. The topological polar surface area (TPSA) is 34.1 Å². The number of carbonyl (C=O) groups excluding carboxylic acids is 2. The van der Waals surface area contributed by atoms with Gasteiger partial charge in [0.15, 0.2) is 0 Å². The van der Waals surface area contributed by atoms with Gasteiger partial charge in [0.1, 0.15) is 0 Å². The van der Waals surface area contributed by atoms with Crippen LogP contribution in [0.3, 0.4) is 0 Å². The van der Waals surface area contributed by atoms with E-state index in [0.29, 0.717) is 30.8 Å². The number of hydrogen-bond donors (Lipinski definition) is 0. The Labute approximate surface area is 203 Å². The van der Waals surface area contributed by atoms with Crippen LogP contribution in [0.1, 0.15) is 32.8 Å². The Morgan fingerprint density at radius 1 is 0.897 bits per heavy atom. The molecule has 0 amide bonds. The summed E-state index contributed by atoms with van der Waals surface area (Å²) in [5, 5.41) is 1.27. The standard InChI is InChI=1S/C20H24O2S7/c1-11(2)17(21)23-7-13-9-25-19(27-13)15-5-6-16(29-15)20-26-10-14(28-20)8-24-18(22)12(3)4/h5-6,13-14,19-20H,1,3,7-10H2,2,4H3. The Bertz CT molecular complexity index is 725. The second kappa shape index (κ2) is 11.5. The zero-order chi connectivity index (χ0) is 21.0. The van der Waals surface area contributed by atoms with Crippen molar-refractivity contribution in [3.8, 4) is 0 Å². The van der Waals surface area contributed by atoms with E-state index in [2.05, 4.69) is 25.3 Å². The first-order valence-electron chi connectivity index (χ1n) is 9.12. The highest BCUT2D eigenvalue weighted by atomic mass is 32.2. The van der Waals surface area contributed by atoms with Gasteiger partial charge in [0.25, 0.3) is 0 Å². The maximum Gasteiger partial charge on any atom is 0.214 e. The van der Waals surface area contributed by atoms with Crippen molar-refractivity contribution in [2.24, 2.45) is 0 Å². The molecule has 4 atom stereocenters. The quantitative estimate of drug-likeness (QED) is 0.335. The summed E-state index contributed by atoms with van der Waals surface area (Å²) in [4.78, 5) is 26.4. The second-order valence-electron chi connectivity index (χ2n) is 6.84. The number of carbonyl (C=O) groups is 2. The van der Waals surface area contributed by atoms with Crippen molar-refractivity contribution in [1.82, 2.24) is 0 Å². The summed E-state index contributed by atoms with van der Waals surface area (Å²) in [5.41, 5.74) is 1.27. The van der Waals surface area contributed by atoms with Crippen molar-refractivity contribution in [3.05, 3.63) is 46.2 Å². The summed E-state index contributed by atoms with van der Waals surface area (Å²) in [6.07, 6.45) is 0. The van der Waals surface area contributed by atoms with E-state index in [1.807, 2.05) is 58.4 Å². The molecule has 0 N–H and O–H groups in total. The van der Waals surface area contributed by atoms with E-state index in [1.54, 1.807) is 13.8 Å². The average Bonchev–Trinajstić information content (AvgIpc) is 3.43. The van der Waals surface area contributed by atoms with Gasteiger partial charge in [0, 0.05) is 43.3 Å². The van der Waals surface area contributed by atoms with Crippen LogP contribution in [-0.4, -0.2) is 43.7 Å². The fourth-order valence-electron chi connectivity index (χ4n) is 2.57. The molecular weight excluding hydrogens is 497 g/mol. The fraction of sp³-hybridized carbons (Fsp3) is 0.500. The van der Waals surface area contributed by atoms with Crippen molar-refractivity contribution >= 4 is 92.1 Å². The van der Waals surface area contributed by atoms with Crippen molar-refractivity contribution in [3.63, 3.8) is 0 Å². The smallest absolute Gasteiger partial charge is 0.214 e. The van der Waals surface area contributed by atoms with Crippen molar-refractivity contribution in [1.29, 1.82) is 0 Å². The molecule has 3 heterocycles. The Morgan fingerprint density at radius 3 is 1.69 bits per heavy atom. The van der Waals surface area contributed by atoms with Gasteiger partial charge in [-0.15, -0.1) is 58.4 Å². The van der Waals surface area contributed by atoms with Crippen LogP contribution in [0.4, 0.5) is 0 Å². The van der Waals surface area contributed by atoms with Crippen LogP contribution >= 0.6 is 81.9 Å². The van der Waals surface area contributed by atoms with Gasteiger partial charge in [-0.2, -0.15) is 0 Å². The maximum atomic E-state index is 11.8. The lowest BCUT2D eigenvalue weighted by atomic mass is 10.4. The van der Waals surface area contributed by atoms with Crippen molar-refractivity contribution in [2.75, 3.05) is 23.0 Å². The molecule has 4 unspecified atom stereocenters. The van der Waals surface area contributed by atoms with Gasteiger partial charge in [-0.1, -0.05) is 36.7 Å². The molecule has 0 aromatic carbocycles. The Balaban J connectivity index is 1.46. The van der Waals surface area contributed by atoms with Gasteiger partial charge in [0.2, 0.25) is 10.2 Å². The van der Waals surface area contributed by atoms with Crippen LogP contribution in [0.5, 0.6) is 0 Å². The van der Waals surface area contributed by atoms with Crippen LogP contribution in [0, 0.1) is 0 Å². The third-order valence-electron chi connectivity index (χ3n) is 4.11. The summed E-state index contributed by atoms with van der Waals surface area (Å²) < 4.78 is 0.963. The van der Waals surface area contributed by atoms with E-state index >= 15 is 0 Å². The molecule has 2 aliphatic rings. The molecule has 29 heavy (non-hydrogen) atoms. The van der Waals surface area contributed by atoms with E-state index in [0.717, 1.165) is 23.0 Å². The molecule has 0 saturated carbocycles. The molecule has 0 aliphatic carbocycles. The van der Waals surface area contributed by atoms with Crippen molar-refractivity contribution < 1.29 is 9.59 Å². The molecule has 2 fully saturated rings. The normalized spacial score (nSPS) is 26.6. The predicted molar refractivity (Wildman–Crippen MR) is 142 cm³/mol. The monoisotopic (exact) mass is 520 g/mol. The van der Waals surface area contributed by atoms with E-state index in [-0.39, 0.29) is 10.2 Å². The highest BCUT2D eigenvalue weighted by Gasteiger charge is 2.32. The van der Waals surface area contributed by atoms with Gasteiger partial charge < -0.3 is 0 Å². The summed E-state index contributed by atoms with van der Waals surface area (Å²) >= 11 is 12.7. The Morgan fingerprint density at radius 2 is 1.31 bits per heavy atom. The Hall–Kier alpha value is 0.620. The molecule has 0 bridgehead atoms. The van der Waals surface area contributed by atoms with E-state index < -0.39 is 0 Å². The molecule has 2 aliphatic heterocycles. The molecule has 9 heteroatoms. The number of thioether (sulfide) groups is 6. The Kier molecular flexibility index (Phi) is 9.60. The van der Waals surface area contributed by atoms with Crippen LogP contribution in [-0.2, 0) is 9.59 Å². The minimum atomic E-state index is 0.116. The number of thiophene rings is 1. The molecule has 3 rings (SSSR count). The summed E-state index contributed by atoms with van der Waals surface area (Å²) in [5.74, 6) is 3.94. The molecule has 1 aromatic heterocycles. The number of rotatable bonds is 8. The summed E-state index contributed by atoms with van der Waals surface area (Å²) in [6.45, 7) is 11.0. The minimum absolute atomic E-state index is 0.116. The third kappa shape index (κ3) is 7.05. The van der Waals surface area contributed by atoms with Crippen LogP contribution in [0.2, 0.25) is 0 Å². The lowest BCUT2D eigenvalue weighted by Crippen LogP contribution is -2.07. The van der Waals surface area contributed by atoms with Crippen LogP contribution in [0.15, 0.2) is 36.4 Å². The number of hydrogen-bond acceptors (Lipinski definition) is 9. The molecule has 2 saturated heterocycles. The largest absolute Gasteiger partial charge is 0.282 e. The fourth-order valence-corrected chi connectivity index (χ4v) is 13.1. The molecule has 158 valence electrons. The van der Waals surface area contributed by atoms with Crippen molar-refractivity contribution in [2.45, 2.75) is 33.5 Å². The second-order valence-corrected chi connectivity index (χ2v) is 15.7. The average molecular weight is 521 g/mol. The first-order valence-corrected chi connectivity index (χ1v) is 15.9. The van der Waals surface area contributed by atoms with E-state index in [4.69, 9.17) is 0 Å². The van der Waals surface area contributed by atoms with Gasteiger partial charge in [-0.25, -0.2) is 0 Å². The van der Waals surface area contributed by atoms with Crippen LogP contribution in [0.25, 0.3) is 0 Å². The van der Waals surface area contributed by atoms with Gasteiger partial charge in [-0.05, 0) is 37.1 Å². The minimum Gasteiger partial charge on any atom is -0.282 e. The molecule has 1 aromatic rings. The molecule has 0 radical (unpaired) electrons. The zero-order valence-electron chi connectivity index (χ0n) is 16.4. The van der Waals surface area contributed by atoms with Gasteiger partial charge in [-0.3, -0.25) is 9.59 Å². The summed E-state index contributed by atoms with van der Waals surface area (Å²) in [7, 11) is 0. The lowest BCUT2D eigenvalue weighted by Gasteiger charge is -2.09. The van der Waals surface area contributed by atoms with Crippen LogP contribution < -0.4 is 0 Å². The molecular formula is C20H24O2S7. The molecule has 2 nitrogen and oxygen atoms in total. The highest BCUT2D eigenvalue weighted by Crippen LogP contribution is 2.56. The lowest BCUT2D eigenvalue weighted by molar-refractivity contribution is -0.108.